The third kappa shape index (κ3) is 3.40. The van der Waals surface area contributed by atoms with Gasteiger partial charge in [-0.1, -0.05) is 48.5 Å². The van der Waals surface area contributed by atoms with Gasteiger partial charge in [-0.05, 0) is 29.8 Å². The third-order valence-corrected chi connectivity index (χ3v) is 4.90. The van der Waals surface area contributed by atoms with Crippen molar-refractivity contribution >= 4 is 27.9 Å². The van der Waals surface area contributed by atoms with E-state index in [1.165, 1.54) is 30.5 Å². The van der Waals surface area contributed by atoms with Gasteiger partial charge in [0.1, 0.15) is 28.7 Å². The number of carbonyl (C=O) groups is 1. The number of ether oxygens (including phenoxy) is 1. The van der Waals surface area contributed by atoms with Crippen LogP contribution in [0.4, 0.5) is 0 Å². The molecule has 5 aromatic rings. The Kier molecular flexibility index (Phi) is 4.45. The van der Waals surface area contributed by atoms with Crippen molar-refractivity contribution in [2.45, 2.75) is 0 Å². The van der Waals surface area contributed by atoms with Crippen molar-refractivity contribution in [2.75, 3.05) is 0 Å². The molecule has 0 atom stereocenters. The van der Waals surface area contributed by atoms with Crippen molar-refractivity contribution in [3.63, 3.8) is 0 Å². The molecule has 2 aromatic heterocycles. The van der Waals surface area contributed by atoms with Crippen LogP contribution in [0.2, 0.25) is 0 Å². The predicted molar refractivity (Wildman–Crippen MR) is 115 cm³/mol. The van der Waals surface area contributed by atoms with Crippen LogP contribution < -0.4 is 15.8 Å². The van der Waals surface area contributed by atoms with E-state index in [0.717, 1.165) is 5.56 Å². The Labute approximate surface area is 174 Å². The van der Waals surface area contributed by atoms with Crippen LogP contribution in [0, 0.1) is 0 Å². The normalized spacial score (nSPS) is 11.0. The van der Waals surface area contributed by atoms with Crippen LogP contribution in [0.15, 0.2) is 104 Å². The number of carbonyl (C=O) groups excluding carboxylic acids is 1. The minimum absolute atomic E-state index is 0.140. The quantitative estimate of drug-likeness (QED) is 0.242. The summed E-state index contributed by atoms with van der Waals surface area (Å²) < 4.78 is 16.1. The van der Waals surface area contributed by atoms with E-state index >= 15 is 0 Å². The van der Waals surface area contributed by atoms with E-state index in [1.807, 2.05) is 30.3 Å². The Balaban J connectivity index is 1.49. The summed E-state index contributed by atoms with van der Waals surface area (Å²) in [6, 6.07) is 21.9. The average molecular weight is 410 g/mol. The Bertz CT molecular complexity index is 1560. The molecule has 0 aliphatic carbocycles. The molecule has 0 spiro atoms. The van der Waals surface area contributed by atoms with Crippen LogP contribution in [0.25, 0.3) is 33.1 Å². The molecule has 0 saturated carbocycles. The summed E-state index contributed by atoms with van der Waals surface area (Å²) in [6.45, 7) is 0. The molecule has 0 bridgehead atoms. The first-order chi connectivity index (χ1) is 15.1. The molecule has 150 valence electrons. The number of rotatable bonds is 3. The maximum absolute atomic E-state index is 12.8. The van der Waals surface area contributed by atoms with Gasteiger partial charge in [0.05, 0.1) is 10.9 Å². The second-order valence-corrected chi connectivity index (χ2v) is 6.88. The summed E-state index contributed by atoms with van der Waals surface area (Å²) in [7, 11) is 0. The molecule has 6 nitrogen and oxygen atoms in total. The number of hydrogen-bond acceptors (Lipinski definition) is 6. The lowest BCUT2D eigenvalue weighted by atomic mass is 10.1. The minimum atomic E-state index is -0.859. The molecule has 0 N–H and O–H groups in total. The van der Waals surface area contributed by atoms with Gasteiger partial charge in [0, 0.05) is 11.5 Å². The fraction of sp³-hybridized carbons (Fsp3) is 0. The number of hydrogen-bond donors (Lipinski definition) is 0. The molecular weight excluding hydrogens is 396 g/mol. The van der Waals surface area contributed by atoms with Crippen LogP contribution in [0.3, 0.4) is 0 Å². The maximum Gasteiger partial charge on any atom is 0.351 e. The standard InChI is InChI=1S/C25H14O6/c26-23-18-11-10-17(13-22(18)29-14-20(23)15-6-2-1-3-7-15)30-24(27)19-12-16-8-4-5-9-21(16)31-25(19)28/h1-14H. The summed E-state index contributed by atoms with van der Waals surface area (Å²) >= 11 is 0. The minimum Gasteiger partial charge on any atom is -0.463 e. The van der Waals surface area contributed by atoms with Gasteiger partial charge < -0.3 is 13.6 Å². The molecule has 0 radical (unpaired) electrons. The van der Waals surface area contributed by atoms with Crippen molar-refractivity contribution in [1.29, 1.82) is 0 Å². The topological polar surface area (TPSA) is 86.7 Å². The van der Waals surface area contributed by atoms with Gasteiger partial charge in [-0.15, -0.1) is 0 Å². The van der Waals surface area contributed by atoms with Crippen molar-refractivity contribution in [2.24, 2.45) is 0 Å². The Morgan fingerprint density at radius 3 is 2.42 bits per heavy atom. The lowest BCUT2D eigenvalue weighted by molar-refractivity contribution is 0.0730. The monoisotopic (exact) mass is 410 g/mol. The first kappa shape index (κ1) is 18.6. The molecule has 0 fully saturated rings. The van der Waals surface area contributed by atoms with Gasteiger partial charge in [0.2, 0.25) is 0 Å². The van der Waals surface area contributed by atoms with Crippen LogP contribution >= 0.6 is 0 Å². The second-order valence-electron chi connectivity index (χ2n) is 6.88. The number of para-hydroxylation sites is 1. The van der Waals surface area contributed by atoms with Crippen molar-refractivity contribution in [1.82, 2.24) is 0 Å². The van der Waals surface area contributed by atoms with Gasteiger partial charge in [-0.25, -0.2) is 9.59 Å². The van der Waals surface area contributed by atoms with Crippen molar-refractivity contribution < 1.29 is 18.4 Å². The fourth-order valence-corrected chi connectivity index (χ4v) is 3.36. The number of benzene rings is 3. The molecule has 0 aliphatic heterocycles. The van der Waals surface area contributed by atoms with E-state index in [0.29, 0.717) is 21.9 Å². The van der Waals surface area contributed by atoms with Crippen LogP contribution in [-0.2, 0) is 0 Å². The van der Waals surface area contributed by atoms with Gasteiger partial charge in [-0.3, -0.25) is 4.79 Å². The fourth-order valence-electron chi connectivity index (χ4n) is 3.36. The van der Waals surface area contributed by atoms with E-state index in [1.54, 1.807) is 24.3 Å². The lowest BCUT2D eigenvalue weighted by Gasteiger charge is -2.06. The highest BCUT2D eigenvalue weighted by Gasteiger charge is 2.17. The molecule has 0 unspecified atom stereocenters. The van der Waals surface area contributed by atoms with Gasteiger partial charge in [-0.2, -0.15) is 0 Å². The zero-order chi connectivity index (χ0) is 21.4. The molecule has 31 heavy (non-hydrogen) atoms. The first-order valence-electron chi connectivity index (χ1n) is 9.46. The summed E-state index contributed by atoms with van der Waals surface area (Å²) in [5.74, 6) is -0.720. The van der Waals surface area contributed by atoms with Gasteiger partial charge in [0.15, 0.2) is 5.43 Å². The van der Waals surface area contributed by atoms with E-state index in [2.05, 4.69) is 0 Å². The smallest absolute Gasteiger partial charge is 0.351 e. The highest BCUT2D eigenvalue weighted by Crippen LogP contribution is 2.24. The second kappa shape index (κ2) is 7.42. The van der Waals surface area contributed by atoms with Gasteiger partial charge in [0.25, 0.3) is 0 Å². The van der Waals surface area contributed by atoms with Crippen LogP contribution in [0.1, 0.15) is 10.4 Å². The SMILES string of the molecule is O=C(Oc1ccc2c(=O)c(-c3ccccc3)coc2c1)c1cc2ccccc2oc1=O. The summed E-state index contributed by atoms with van der Waals surface area (Å²) in [5, 5.41) is 0.957. The highest BCUT2D eigenvalue weighted by molar-refractivity contribution is 5.94. The molecular formula is C25H14O6. The third-order valence-electron chi connectivity index (χ3n) is 4.90. The van der Waals surface area contributed by atoms with E-state index < -0.39 is 11.6 Å². The Morgan fingerprint density at radius 2 is 1.58 bits per heavy atom. The summed E-state index contributed by atoms with van der Waals surface area (Å²) in [5.41, 5.74) is 0.623. The maximum atomic E-state index is 12.8. The van der Waals surface area contributed by atoms with Crippen molar-refractivity contribution in [3.05, 3.63) is 111 Å². The van der Waals surface area contributed by atoms with E-state index in [4.69, 9.17) is 13.6 Å². The molecule has 2 heterocycles. The molecule has 0 aliphatic rings. The summed E-state index contributed by atoms with van der Waals surface area (Å²) in [6.07, 6.45) is 1.38. The first-order valence-corrected chi connectivity index (χ1v) is 9.46. The Hall–Kier alpha value is -4.45. The largest absolute Gasteiger partial charge is 0.463 e. The molecule has 3 aromatic carbocycles. The van der Waals surface area contributed by atoms with E-state index in [9.17, 15) is 14.4 Å². The molecule has 0 amide bonds. The van der Waals surface area contributed by atoms with Crippen molar-refractivity contribution in [3.8, 4) is 16.9 Å². The number of esters is 1. The lowest BCUT2D eigenvalue weighted by Crippen LogP contribution is -2.18. The van der Waals surface area contributed by atoms with E-state index in [-0.39, 0.29) is 22.3 Å². The molecule has 6 heteroatoms. The Morgan fingerprint density at radius 1 is 0.806 bits per heavy atom. The predicted octanol–water partition coefficient (Wildman–Crippen LogP) is 4.79. The highest BCUT2D eigenvalue weighted by atomic mass is 16.5. The number of fused-ring (bicyclic) bond motifs is 2. The molecule has 0 saturated heterocycles. The van der Waals surface area contributed by atoms with Gasteiger partial charge >= 0.3 is 11.6 Å². The van der Waals surface area contributed by atoms with Crippen LogP contribution in [-0.4, -0.2) is 5.97 Å². The zero-order valence-corrected chi connectivity index (χ0v) is 16.0. The average Bonchev–Trinajstić information content (AvgIpc) is 2.79. The summed E-state index contributed by atoms with van der Waals surface area (Å²) in [4.78, 5) is 37.5. The zero-order valence-electron chi connectivity index (χ0n) is 16.0. The van der Waals surface area contributed by atoms with Crippen LogP contribution in [0.5, 0.6) is 5.75 Å². The molecule has 5 rings (SSSR count).